The van der Waals surface area contributed by atoms with Gasteiger partial charge in [-0.2, -0.15) is 0 Å². The van der Waals surface area contributed by atoms with Gasteiger partial charge in [0.2, 0.25) is 0 Å². The van der Waals surface area contributed by atoms with Gasteiger partial charge < -0.3 is 20.1 Å². The van der Waals surface area contributed by atoms with Crippen LogP contribution in [0.5, 0.6) is 0 Å². The van der Waals surface area contributed by atoms with Gasteiger partial charge in [0.15, 0.2) is 0 Å². The maximum absolute atomic E-state index is 11.0. The van der Waals surface area contributed by atoms with E-state index >= 15 is 0 Å². The average Bonchev–Trinajstić information content (AvgIpc) is 2.45. The van der Waals surface area contributed by atoms with Crippen molar-refractivity contribution >= 4 is 12.2 Å². The molecule has 0 aromatic carbocycles. The van der Waals surface area contributed by atoms with Crippen LogP contribution < -0.4 is 10.6 Å². The second kappa shape index (κ2) is 13.5. The number of hydrogen-bond acceptors (Lipinski definition) is 4. The molecule has 0 aromatic heterocycles. The summed E-state index contributed by atoms with van der Waals surface area (Å²) in [5, 5.41) is 5.28. The number of alkyl carbamates (subject to hydrolysis) is 2. The van der Waals surface area contributed by atoms with Crippen LogP contribution in [0.15, 0.2) is 25.3 Å². The summed E-state index contributed by atoms with van der Waals surface area (Å²) in [7, 11) is 0. The lowest BCUT2D eigenvalue weighted by molar-refractivity contribution is 0.157. The third-order valence-electron chi connectivity index (χ3n) is 2.31. The molecule has 0 saturated carbocycles. The highest BCUT2D eigenvalue weighted by molar-refractivity contribution is 5.67. The molecule has 0 aliphatic rings. The van der Waals surface area contributed by atoms with Gasteiger partial charge in [-0.15, -0.1) is 0 Å². The van der Waals surface area contributed by atoms with Crippen LogP contribution in [0, 0.1) is 0 Å². The number of carbonyl (C=O) groups is 2. The van der Waals surface area contributed by atoms with E-state index in [1.54, 1.807) is 0 Å². The van der Waals surface area contributed by atoms with E-state index in [0.29, 0.717) is 13.1 Å². The molecule has 2 amide bonds. The summed E-state index contributed by atoms with van der Waals surface area (Å²) in [5.74, 6) is 0. The molecule has 0 unspecified atom stereocenters. The van der Waals surface area contributed by atoms with Crippen molar-refractivity contribution in [2.75, 3.05) is 26.3 Å². The Bertz CT molecular complexity index is 276. The van der Waals surface area contributed by atoms with Crippen LogP contribution in [0.4, 0.5) is 9.59 Å². The van der Waals surface area contributed by atoms with Crippen molar-refractivity contribution in [3.8, 4) is 0 Å². The Balaban J connectivity index is 3.24. The quantitative estimate of drug-likeness (QED) is 0.451. The molecule has 0 radical (unpaired) electrons. The molecule has 20 heavy (non-hydrogen) atoms. The van der Waals surface area contributed by atoms with Gasteiger partial charge in [-0.1, -0.05) is 38.2 Å². The second-order valence-electron chi connectivity index (χ2n) is 4.04. The van der Waals surface area contributed by atoms with E-state index in [9.17, 15) is 9.59 Å². The highest BCUT2D eigenvalue weighted by atomic mass is 16.6. The zero-order valence-electron chi connectivity index (χ0n) is 11.9. The molecule has 0 fully saturated rings. The molecule has 0 aliphatic heterocycles. The maximum Gasteiger partial charge on any atom is 0.407 e. The van der Waals surface area contributed by atoms with Crippen LogP contribution in [-0.2, 0) is 9.47 Å². The number of nitrogens with one attached hydrogen (secondary N) is 2. The monoisotopic (exact) mass is 284 g/mol. The van der Waals surface area contributed by atoms with Crippen LogP contribution in [0.1, 0.15) is 25.7 Å². The van der Waals surface area contributed by atoms with Crippen LogP contribution in [0.25, 0.3) is 0 Å². The minimum atomic E-state index is -0.420. The van der Waals surface area contributed by atoms with Gasteiger partial charge in [-0.25, -0.2) is 9.59 Å². The van der Waals surface area contributed by atoms with Crippen molar-refractivity contribution in [3.05, 3.63) is 25.3 Å². The molecular weight excluding hydrogens is 260 g/mol. The number of hydrogen-bond donors (Lipinski definition) is 2. The summed E-state index contributed by atoms with van der Waals surface area (Å²) in [6, 6.07) is 0. The Morgan fingerprint density at radius 2 is 1.20 bits per heavy atom. The van der Waals surface area contributed by atoms with Crippen molar-refractivity contribution in [2.45, 2.75) is 25.7 Å². The van der Waals surface area contributed by atoms with E-state index in [0.717, 1.165) is 25.7 Å². The molecule has 2 N–H and O–H groups in total. The highest BCUT2D eigenvalue weighted by Crippen LogP contribution is 1.98. The minimum Gasteiger partial charge on any atom is -0.445 e. The van der Waals surface area contributed by atoms with Gasteiger partial charge >= 0.3 is 12.2 Å². The molecule has 0 saturated heterocycles. The summed E-state index contributed by atoms with van der Waals surface area (Å²) in [5.41, 5.74) is 0. The van der Waals surface area contributed by atoms with Crippen LogP contribution in [0.3, 0.4) is 0 Å². The molecule has 0 rings (SSSR count). The standard InChI is InChI=1S/C14H24N2O4/c1-3-11-19-13(17)15-9-7-5-6-8-10-16-14(18)20-12-4-2/h3-4H,1-2,5-12H2,(H,15,17)(H,16,18). The molecular formula is C14H24N2O4. The molecule has 0 heterocycles. The first-order chi connectivity index (χ1) is 9.70. The number of amides is 2. The van der Waals surface area contributed by atoms with E-state index in [1.807, 2.05) is 0 Å². The Labute approximate surface area is 120 Å². The largest absolute Gasteiger partial charge is 0.445 e. The lowest BCUT2D eigenvalue weighted by atomic mass is 10.2. The molecule has 0 bridgehead atoms. The molecule has 6 heteroatoms. The van der Waals surface area contributed by atoms with Crippen LogP contribution >= 0.6 is 0 Å². The molecule has 6 nitrogen and oxygen atoms in total. The fourth-order valence-corrected chi connectivity index (χ4v) is 1.36. The van der Waals surface area contributed by atoms with E-state index < -0.39 is 12.2 Å². The third-order valence-corrected chi connectivity index (χ3v) is 2.31. The number of carbonyl (C=O) groups excluding carboxylic acids is 2. The third kappa shape index (κ3) is 12.5. The maximum atomic E-state index is 11.0. The van der Waals surface area contributed by atoms with Gasteiger partial charge in [-0.3, -0.25) is 0 Å². The van der Waals surface area contributed by atoms with Gasteiger partial charge in [0.05, 0.1) is 0 Å². The fraction of sp³-hybridized carbons (Fsp3) is 0.571. The normalized spacial score (nSPS) is 9.40. The van der Waals surface area contributed by atoms with Gasteiger partial charge in [-0.05, 0) is 12.8 Å². The number of ether oxygens (including phenoxy) is 2. The van der Waals surface area contributed by atoms with Crippen LogP contribution in [-0.4, -0.2) is 38.5 Å². The summed E-state index contributed by atoms with van der Waals surface area (Å²) in [6.45, 7) is 8.52. The Morgan fingerprint density at radius 1 is 0.800 bits per heavy atom. The number of unbranched alkanes of at least 4 members (excludes halogenated alkanes) is 3. The SMILES string of the molecule is C=CCOC(=O)NCCCCCCNC(=O)OCC=C. The predicted octanol–water partition coefficient (Wildman–Crippen LogP) is 2.37. The highest BCUT2D eigenvalue weighted by Gasteiger charge is 2.00. The second-order valence-corrected chi connectivity index (χ2v) is 4.04. The topological polar surface area (TPSA) is 76.7 Å². The zero-order valence-corrected chi connectivity index (χ0v) is 11.9. The van der Waals surface area contributed by atoms with Gasteiger partial charge in [0, 0.05) is 13.1 Å². The number of rotatable bonds is 11. The zero-order chi connectivity index (χ0) is 15.1. The fourth-order valence-electron chi connectivity index (χ4n) is 1.36. The summed E-state index contributed by atoms with van der Waals surface area (Å²) in [6.07, 6.45) is 5.91. The molecule has 0 spiro atoms. The summed E-state index contributed by atoms with van der Waals surface area (Å²) in [4.78, 5) is 22.1. The first-order valence-electron chi connectivity index (χ1n) is 6.73. The van der Waals surface area contributed by atoms with Crippen molar-refractivity contribution in [1.82, 2.24) is 10.6 Å². The Kier molecular flexibility index (Phi) is 12.1. The van der Waals surface area contributed by atoms with E-state index in [4.69, 9.17) is 9.47 Å². The molecule has 0 aromatic rings. The van der Waals surface area contributed by atoms with Crippen LogP contribution in [0.2, 0.25) is 0 Å². The van der Waals surface area contributed by atoms with E-state index in [1.165, 1.54) is 12.2 Å². The summed E-state index contributed by atoms with van der Waals surface area (Å²) < 4.78 is 9.52. The lowest BCUT2D eigenvalue weighted by Gasteiger charge is -2.06. The minimum absolute atomic E-state index is 0.222. The first kappa shape index (κ1) is 18.0. The molecule has 0 aliphatic carbocycles. The van der Waals surface area contributed by atoms with Gasteiger partial charge in [0.1, 0.15) is 13.2 Å². The van der Waals surface area contributed by atoms with E-state index in [2.05, 4.69) is 23.8 Å². The van der Waals surface area contributed by atoms with Crippen molar-refractivity contribution in [1.29, 1.82) is 0 Å². The average molecular weight is 284 g/mol. The van der Waals surface area contributed by atoms with Gasteiger partial charge in [0.25, 0.3) is 0 Å². The smallest absolute Gasteiger partial charge is 0.407 e. The predicted molar refractivity (Wildman–Crippen MR) is 77.6 cm³/mol. The lowest BCUT2D eigenvalue weighted by Crippen LogP contribution is -2.26. The van der Waals surface area contributed by atoms with Crippen molar-refractivity contribution in [3.63, 3.8) is 0 Å². The van der Waals surface area contributed by atoms with Crippen molar-refractivity contribution in [2.24, 2.45) is 0 Å². The Hall–Kier alpha value is -1.98. The molecule has 0 atom stereocenters. The van der Waals surface area contributed by atoms with Crippen molar-refractivity contribution < 1.29 is 19.1 Å². The Morgan fingerprint density at radius 3 is 1.55 bits per heavy atom. The molecule has 114 valence electrons. The first-order valence-corrected chi connectivity index (χ1v) is 6.73. The van der Waals surface area contributed by atoms with E-state index in [-0.39, 0.29) is 13.2 Å². The summed E-state index contributed by atoms with van der Waals surface area (Å²) >= 11 is 0.